The van der Waals surface area contributed by atoms with Crippen LogP contribution in [-0.4, -0.2) is 27.5 Å². The predicted octanol–water partition coefficient (Wildman–Crippen LogP) is 1.07. The lowest BCUT2D eigenvalue weighted by molar-refractivity contribution is 0.249. The van der Waals surface area contributed by atoms with Crippen molar-refractivity contribution in [3.05, 3.63) is 21.0 Å². The Balaban J connectivity index is 3.02. The van der Waals surface area contributed by atoms with Gasteiger partial charge in [-0.3, -0.25) is 4.79 Å². The first kappa shape index (κ1) is 14.7. The smallest absolute Gasteiger partial charge is 0.284 e. The number of aliphatic hydroxyl groups is 1. The fourth-order valence-corrected chi connectivity index (χ4v) is 1.81. The van der Waals surface area contributed by atoms with Crippen LogP contribution in [0.15, 0.2) is 15.5 Å². The lowest BCUT2D eigenvalue weighted by atomic mass is 10.1. The second kappa shape index (κ2) is 6.57. The molecule has 0 aliphatic rings. The van der Waals surface area contributed by atoms with Gasteiger partial charge in [-0.25, -0.2) is 4.68 Å². The molecule has 1 heterocycles. The molecule has 5 nitrogen and oxygen atoms in total. The number of halogens is 1. The molecule has 0 aromatic carbocycles. The van der Waals surface area contributed by atoms with Crippen LogP contribution in [0.1, 0.15) is 13.8 Å². The Hall–Kier alpha value is -1.32. The molecule has 1 aromatic rings. The average Bonchev–Trinajstić information content (AvgIpc) is 2.34. The predicted molar refractivity (Wildman–Crippen MR) is 74.4 cm³/mol. The van der Waals surface area contributed by atoms with Crippen LogP contribution >= 0.6 is 15.9 Å². The first-order valence-electron chi connectivity index (χ1n) is 5.57. The van der Waals surface area contributed by atoms with E-state index in [1.54, 1.807) is 0 Å². The van der Waals surface area contributed by atoms with Gasteiger partial charge < -0.3 is 10.4 Å². The highest BCUT2D eigenvalue weighted by Crippen LogP contribution is 2.19. The molecule has 18 heavy (non-hydrogen) atoms. The monoisotopic (exact) mass is 313 g/mol. The van der Waals surface area contributed by atoms with Crippen LogP contribution < -0.4 is 10.9 Å². The maximum Gasteiger partial charge on any atom is 0.284 e. The van der Waals surface area contributed by atoms with E-state index < -0.39 is 0 Å². The van der Waals surface area contributed by atoms with E-state index >= 15 is 0 Å². The molecular weight excluding hydrogens is 298 g/mol. The second-order valence-electron chi connectivity index (χ2n) is 4.22. The number of nitrogens with zero attached hydrogens (tertiary/aromatic N) is 2. The Bertz CT molecular complexity index is 505. The van der Waals surface area contributed by atoms with Gasteiger partial charge in [0.05, 0.1) is 24.5 Å². The molecule has 0 fully saturated rings. The Morgan fingerprint density at radius 3 is 2.83 bits per heavy atom. The number of hydrogen-bond acceptors (Lipinski definition) is 4. The van der Waals surface area contributed by atoms with E-state index in [1.807, 2.05) is 13.8 Å². The average molecular weight is 314 g/mol. The van der Waals surface area contributed by atoms with Gasteiger partial charge in [0.15, 0.2) is 0 Å². The summed E-state index contributed by atoms with van der Waals surface area (Å²) < 4.78 is 1.56. The van der Waals surface area contributed by atoms with Crippen molar-refractivity contribution in [2.45, 2.75) is 26.4 Å². The Morgan fingerprint density at radius 1 is 1.67 bits per heavy atom. The van der Waals surface area contributed by atoms with E-state index in [1.165, 1.54) is 10.9 Å². The maximum absolute atomic E-state index is 11.9. The minimum atomic E-state index is -0.293. The van der Waals surface area contributed by atoms with Gasteiger partial charge in [-0.2, -0.15) is 5.10 Å². The highest BCUT2D eigenvalue weighted by atomic mass is 79.9. The lowest BCUT2D eigenvalue weighted by Gasteiger charge is -2.21. The molecule has 0 saturated carbocycles. The molecule has 0 radical (unpaired) electrons. The molecular formula is C12H16BrN3O2. The molecule has 1 rings (SSSR count). The van der Waals surface area contributed by atoms with Crippen molar-refractivity contribution in [3.63, 3.8) is 0 Å². The van der Waals surface area contributed by atoms with Gasteiger partial charge in [0.25, 0.3) is 5.56 Å². The molecule has 0 spiro atoms. The fraction of sp³-hybridized carbons (Fsp3) is 0.500. The number of rotatable bonds is 5. The van der Waals surface area contributed by atoms with Crippen molar-refractivity contribution in [2.24, 2.45) is 5.92 Å². The van der Waals surface area contributed by atoms with Crippen molar-refractivity contribution < 1.29 is 5.11 Å². The van der Waals surface area contributed by atoms with Crippen LogP contribution in [0.2, 0.25) is 0 Å². The topological polar surface area (TPSA) is 67.2 Å². The third kappa shape index (κ3) is 3.34. The Morgan fingerprint density at radius 2 is 2.33 bits per heavy atom. The second-order valence-corrected chi connectivity index (χ2v) is 5.01. The van der Waals surface area contributed by atoms with Crippen LogP contribution in [0.3, 0.4) is 0 Å². The van der Waals surface area contributed by atoms with Crippen LogP contribution in [0.25, 0.3) is 0 Å². The van der Waals surface area contributed by atoms with E-state index in [-0.39, 0.29) is 30.7 Å². The zero-order valence-corrected chi connectivity index (χ0v) is 11.9. The van der Waals surface area contributed by atoms with E-state index in [0.29, 0.717) is 10.2 Å². The number of aromatic nitrogens is 2. The number of nitrogens with one attached hydrogen (secondary N) is 1. The number of terminal acetylenes is 1. The van der Waals surface area contributed by atoms with Crippen molar-refractivity contribution in [1.29, 1.82) is 0 Å². The minimum absolute atomic E-state index is 0.0163. The molecule has 1 atom stereocenters. The zero-order chi connectivity index (χ0) is 13.7. The fourth-order valence-electron chi connectivity index (χ4n) is 1.39. The van der Waals surface area contributed by atoms with Gasteiger partial charge in [0, 0.05) is 0 Å². The molecule has 0 aliphatic carbocycles. The van der Waals surface area contributed by atoms with Gasteiger partial charge in [-0.1, -0.05) is 19.8 Å². The number of anilines is 1. The molecule has 0 bridgehead atoms. The standard InChI is InChI=1S/C12H16BrN3O2/c1-4-5-16-12(18)11(13)9(6-14-16)15-10(7-17)8(2)3/h1,6,8,10,15,17H,5,7H2,2-3H3. The van der Waals surface area contributed by atoms with E-state index in [9.17, 15) is 9.90 Å². The molecule has 0 aliphatic heterocycles. The van der Waals surface area contributed by atoms with Crippen LogP contribution in [-0.2, 0) is 6.54 Å². The maximum atomic E-state index is 11.9. The van der Waals surface area contributed by atoms with Gasteiger partial charge in [-0.15, -0.1) is 6.42 Å². The SMILES string of the molecule is C#CCn1ncc(NC(CO)C(C)C)c(Br)c1=O. The van der Waals surface area contributed by atoms with E-state index in [4.69, 9.17) is 6.42 Å². The van der Waals surface area contributed by atoms with Gasteiger partial charge >= 0.3 is 0 Å². The third-order valence-corrected chi connectivity index (χ3v) is 3.33. The summed E-state index contributed by atoms with van der Waals surface area (Å²) in [5.74, 6) is 2.59. The lowest BCUT2D eigenvalue weighted by Crippen LogP contribution is -2.31. The summed E-state index contributed by atoms with van der Waals surface area (Å²) in [5.41, 5.74) is 0.263. The van der Waals surface area contributed by atoms with Crippen molar-refractivity contribution >= 4 is 21.6 Å². The number of hydrogen-bond donors (Lipinski definition) is 2. The summed E-state index contributed by atoms with van der Waals surface area (Å²) in [4.78, 5) is 11.9. The van der Waals surface area contributed by atoms with Gasteiger partial charge in [-0.05, 0) is 21.8 Å². The van der Waals surface area contributed by atoms with Crippen molar-refractivity contribution in [3.8, 4) is 12.3 Å². The van der Waals surface area contributed by atoms with Crippen molar-refractivity contribution in [2.75, 3.05) is 11.9 Å². The highest BCUT2D eigenvalue weighted by molar-refractivity contribution is 9.10. The molecule has 0 amide bonds. The molecule has 1 unspecified atom stereocenters. The third-order valence-electron chi connectivity index (χ3n) is 2.57. The Labute approximate surface area is 114 Å². The number of aliphatic hydroxyl groups excluding tert-OH is 1. The minimum Gasteiger partial charge on any atom is -0.394 e. The molecule has 6 heteroatoms. The Kier molecular flexibility index (Phi) is 5.38. The first-order chi connectivity index (χ1) is 8.51. The van der Waals surface area contributed by atoms with E-state index in [2.05, 4.69) is 32.3 Å². The summed E-state index contributed by atoms with van der Waals surface area (Å²) in [6, 6.07) is -0.133. The highest BCUT2D eigenvalue weighted by Gasteiger charge is 2.15. The summed E-state index contributed by atoms with van der Waals surface area (Å²) >= 11 is 3.22. The molecule has 2 N–H and O–H groups in total. The van der Waals surface area contributed by atoms with Crippen molar-refractivity contribution in [1.82, 2.24) is 9.78 Å². The largest absolute Gasteiger partial charge is 0.394 e. The van der Waals surface area contributed by atoms with Gasteiger partial charge in [0.2, 0.25) is 0 Å². The van der Waals surface area contributed by atoms with Crippen LogP contribution in [0.5, 0.6) is 0 Å². The summed E-state index contributed by atoms with van der Waals surface area (Å²) in [6.45, 7) is 4.08. The molecule has 98 valence electrons. The quantitative estimate of drug-likeness (QED) is 0.798. The molecule has 0 saturated heterocycles. The normalized spacial score (nSPS) is 12.2. The summed E-state index contributed by atoms with van der Waals surface area (Å²) in [7, 11) is 0. The van der Waals surface area contributed by atoms with E-state index in [0.717, 1.165) is 0 Å². The molecule has 1 aromatic heterocycles. The van der Waals surface area contributed by atoms with Crippen LogP contribution in [0.4, 0.5) is 5.69 Å². The first-order valence-corrected chi connectivity index (χ1v) is 6.37. The summed E-state index contributed by atoms with van der Waals surface area (Å²) in [5, 5.41) is 16.3. The van der Waals surface area contributed by atoms with Crippen LogP contribution in [0, 0.1) is 18.3 Å². The zero-order valence-electron chi connectivity index (χ0n) is 10.4. The summed E-state index contributed by atoms with van der Waals surface area (Å²) in [6.07, 6.45) is 6.67. The van der Waals surface area contributed by atoms with Gasteiger partial charge in [0.1, 0.15) is 11.0 Å².